The number of rotatable bonds is 16. The highest BCUT2D eigenvalue weighted by atomic mass is 35.5. The zero-order chi connectivity index (χ0) is 36.6. The average Bonchev–Trinajstić information content (AvgIpc) is 3.67. The zero-order valence-electron chi connectivity index (χ0n) is 28.5. The molecule has 1 aromatic heterocycles. The van der Waals surface area contributed by atoms with Gasteiger partial charge in [-0.05, 0) is 102 Å². The second-order valence-electron chi connectivity index (χ2n) is 12.2. The van der Waals surface area contributed by atoms with Gasteiger partial charge in [0.25, 0.3) is 5.91 Å². The first kappa shape index (κ1) is 36.7. The number of anilines is 1. The molecule has 1 aliphatic rings. The first-order chi connectivity index (χ1) is 25.3. The van der Waals surface area contributed by atoms with Gasteiger partial charge in [0.05, 0.1) is 52.3 Å². The Morgan fingerprint density at radius 2 is 1.44 bits per heavy atom. The third-order valence-corrected chi connectivity index (χ3v) is 9.12. The average molecular weight is 730 g/mol. The standard InChI is InChI=1S/C39H40ClN3O9/c1-49-35-10-5-23(36-18-33(43-52-36)25-14-26(19-44)31(22-47)27(15-25)20-45)16-37(35)51-12-4-2-3-11-50-34-9-6-24(13-28(34)21-46)38-41-32-8-7-29(40)17-30(32)39(48)42-38/h5-10,13-18,38,41,44-47H,2-4,11-12,19-22H2,1H3,(H,42,48). The van der Waals surface area contributed by atoms with Crippen LogP contribution in [0.25, 0.3) is 22.6 Å². The molecular formula is C39H40ClN3O9. The number of halogens is 1. The number of hydrogen-bond acceptors (Lipinski definition) is 11. The molecule has 6 N–H and O–H groups in total. The number of methoxy groups -OCH3 is 1. The molecule has 6 rings (SSSR count). The SMILES string of the molecule is COc1ccc(-c2cc(-c3cc(CO)c(CO)c(CO)c3)no2)cc1OCCCCCOc1ccc(C2NC(=O)c3cc(Cl)ccc3N2)cc1CO. The Morgan fingerprint density at radius 1 is 0.731 bits per heavy atom. The van der Waals surface area contributed by atoms with Crippen LogP contribution in [0.5, 0.6) is 17.2 Å². The van der Waals surface area contributed by atoms with E-state index in [1.165, 1.54) is 0 Å². The molecule has 52 heavy (non-hydrogen) atoms. The fraction of sp³-hybridized carbons (Fsp3) is 0.282. The van der Waals surface area contributed by atoms with Gasteiger partial charge in [0.15, 0.2) is 17.3 Å². The van der Waals surface area contributed by atoms with Crippen LogP contribution in [0.2, 0.25) is 5.02 Å². The van der Waals surface area contributed by atoms with Crippen molar-refractivity contribution in [3.05, 3.63) is 111 Å². The quantitative estimate of drug-likeness (QED) is 0.0645. The Bertz CT molecular complexity index is 2010. The third kappa shape index (κ3) is 8.17. The van der Waals surface area contributed by atoms with E-state index in [2.05, 4.69) is 15.8 Å². The lowest BCUT2D eigenvalue weighted by Gasteiger charge is -2.28. The molecule has 12 nitrogen and oxygen atoms in total. The summed E-state index contributed by atoms with van der Waals surface area (Å²) in [7, 11) is 1.57. The predicted octanol–water partition coefficient (Wildman–Crippen LogP) is 6.12. The van der Waals surface area contributed by atoms with Crippen molar-refractivity contribution in [3.63, 3.8) is 0 Å². The van der Waals surface area contributed by atoms with Crippen molar-refractivity contribution in [1.82, 2.24) is 10.5 Å². The summed E-state index contributed by atoms with van der Waals surface area (Å²) in [6.45, 7) is -0.198. The molecule has 2 heterocycles. The summed E-state index contributed by atoms with van der Waals surface area (Å²) in [5.41, 5.74) is 5.95. The summed E-state index contributed by atoms with van der Waals surface area (Å²) < 4.78 is 23.3. The van der Waals surface area contributed by atoms with Gasteiger partial charge in [0, 0.05) is 33.5 Å². The van der Waals surface area contributed by atoms with E-state index in [4.69, 9.17) is 30.3 Å². The molecule has 0 aliphatic carbocycles. The zero-order valence-corrected chi connectivity index (χ0v) is 29.3. The second-order valence-corrected chi connectivity index (χ2v) is 12.6. The Kier molecular flexibility index (Phi) is 11.9. The van der Waals surface area contributed by atoms with Crippen LogP contribution in [-0.2, 0) is 26.4 Å². The molecule has 0 saturated heterocycles. The monoisotopic (exact) mass is 729 g/mol. The number of amides is 1. The first-order valence-corrected chi connectivity index (χ1v) is 17.2. The molecule has 5 aromatic rings. The first-order valence-electron chi connectivity index (χ1n) is 16.8. The fourth-order valence-corrected chi connectivity index (χ4v) is 6.28. The van der Waals surface area contributed by atoms with Crippen LogP contribution in [-0.4, -0.2) is 51.8 Å². The lowest BCUT2D eigenvalue weighted by molar-refractivity contribution is 0.0935. The molecule has 0 radical (unpaired) electrons. The highest BCUT2D eigenvalue weighted by Crippen LogP contribution is 2.36. The number of carbonyl (C=O) groups is 1. The van der Waals surface area contributed by atoms with Crippen molar-refractivity contribution in [2.45, 2.75) is 51.9 Å². The van der Waals surface area contributed by atoms with E-state index < -0.39 is 6.17 Å². The minimum atomic E-state index is -0.467. The molecule has 0 bridgehead atoms. The Hall–Kier alpha value is -5.11. The van der Waals surface area contributed by atoms with E-state index in [-0.39, 0.29) is 32.3 Å². The Balaban J connectivity index is 1.01. The minimum absolute atomic E-state index is 0.215. The topological polar surface area (TPSA) is 176 Å². The number of unbranched alkanes of at least 4 members (excludes halogenated alkanes) is 2. The Morgan fingerprint density at radius 3 is 2.13 bits per heavy atom. The summed E-state index contributed by atoms with van der Waals surface area (Å²) in [6.07, 6.45) is 1.90. The van der Waals surface area contributed by atoms with Gasteiger partial charge in [-0.25, -0.2) is 0 Å². The van der Waals surface area contributed by atoms with Crippen molar-refractivity contribution in [3.8, 4) is 39.8 Å². The van der Waals surface area contributed by atoms with E-state index in [1.807, 2.05) is 24.3 Å². The molecule has 13 heteroatoms. The molecule has 272 valence electrons. The second kappa shape index (κ2) is 16.9. The number of carbonyl (C=O) groups excluding carboxylic acids is 1. The van der Waals surface area contributed by atoms with Crippen LogP contribution in [0, 0.1) is 0 Å². The van der Waals surface area contributed by atoms with E-state index >= 15 is 0 Å². The predicted molar refractivity (Wildman–Crippen MR) is 194 cm³/mol. The van der Waals surface area contributed by atoms with Gasteiger partial charge in [-0.3, -0.25) is 4.79 Å². The van der Waals surface area contributed by atoms with Crippen LogP contribution >= 0.6 is 11.6 Å². The van der Waals surface area contributed by atoms with Gasteiger partial charge >= 0.3 is 0 Å². The molecule has 0 saturated carbocycles. The highest BCUT2D eigenvalue weighted by molar-refractivity contribution is 6.31. The lowest BCUT2D eigenvalue weighted by atomic mass is 9.97. The van der Waals surface area contributed by atoms with E-state index in [1.54, 1.807) is 55.6 Å². The van der Waals surface area contributed by atoms with Crippen molar-refractivity contribution >= 4 is 23.2 Å². The molecule has 4 aromatic carbocycles. The molecule has 1 atom stereocenters. The lowest BCUT2D eigenvalue weighted by Crippen LogP contribution is -2.38. The van der Waals surface area contributed by atoms with Crippen molar-refractivity contribution in [1.29, 1.82) is 0 Å². The molecule has 1 unspecified atom stereocenters. The van der Waals surface area contributed by atoms with Gasteiger partial charge in [-0.1, -0.05) is 22.8 Å². The largest absolute Gasteiger partial charge is 0.493 e. The molecule has 0 spiro atoms. The number of aliphatic hydroxyl groups is 4. The fourth-order valence-electron chi connectivity index (χ4n) is 6.11. The van der Waals surface area contributed by atoms with Crippen LogP contribution in [0.3, 0.4) is 0 Å². The maximum atomic E-state index is 12.7. The van der Waals surface area contributed by atoms with Gasteiger partial charge in [-0.2, -0.15) is 0 Å². The number of nitrogens with one attached hydrogen (secondary N) is 2. The number of fused-ring (bicyclic) bond motifs is 1. The van der Waals surface area contributed by atoms with Gasteiger partial charge < -0.3 is 49.8 Å². The highest BCUT2D eigenvalue weighted by Gasteiger charge is 2.25. The van der Waals surface area contributed by atoms with E-state index in [0.29, 0.717) is 86.0 Å². The van der Waals surface area contributed by atoms with Crippen LogP contribution < -0.4 is 24.8 Å². The number of nitrogens with zero attached hydrogens (tertiary/aromatic N) is 1. The van der Waals surface area contributed by atoms with Gasteiger partial charge in [-0.15, -0.1) is 0 Å². The van der Waals surface area contributed by atoms with Crippen LogP contribution in [0.4, 0.5) is 5.69 Å². The van der Waals surface area contributed by atoms with Gasteiger partial charge in [0.1, 0.15) is 17.6 Å². The normalized spacial score (nSPS) is 13.7. The molecular weight excluding hydrogens is 690 g/mol. The Labute approximate surface area is 305 Å². The van der Waals surface area contributed by atoms with E-state index in [0.717, 1.165) is 30.4 Å². The van der Waals surface area contributed by atoms with Crippen molar-refractivity contribution in [2.75, 3.05) is 25.6 Å². The van der Waals surface area contributed by atoms with Crippen molar-refractivity contribution in [2.24, 2.45) is 0 Å². The summed E-state index contributed by atoms with van der Waals surface area (Å²) in [4.78, 5) is 12.7. The maximum Gasteiger partial charge on any atom is 0.255 e. The number of hydrogen-bond donors (Lipinski definition) is 6. The number of benzene rings is 4. The minimum Gasteiger partial charge on any atom is -0.493 e. The van der Waals surface area contributed by atoms with Crippen LogP contribution in [0.15, 0.2) is 77.3 Å². The van der Waals surface area contributed by atoms with E-state index in [9.17, 15) is 25.2 Å². The molecule has 1 aliphatic heterocycles. The number of aromatic nitrogens is 1. The maximum absolute atomic E-state index is 12.7. The third-order valence-electron chi connectivity index (χ3n) is 8.88. The van der Waals surface area contributed by atoms with Crippen LogP contribution in [0.1, 0.15) is 63.6 Å². The number of ether oxygens (including phenoxy) is 3. The smallest absolute Gasteiger partial charge is 0.255 e. The van der Waals surface area contributed by atoms with Gasteiger partial charge in [0.2, 0.25) is 0 Å². The summed E-state index contributed by atoms with van der Waals surface area (Å²) in [5, 5.41) is 50.2. The molecule has 0 fully saturated rings. The molecule has 1 amide bonds. The van der Waals surface area contributed by atoms with Crippen molar-refractivity contribution < 1.29 is 44.0 Å². The summed E-state index contributed by atoms with van der Waals surface area (Å²) >= 11 is 6.05. The summed E-state index contributed by atoms with van der Waals surface area (Å²) in [6, 6.07) is 21.2. The number of aliphatic hydroxyl groups excluding tert-OH is 4. The summed E-state index contributed by atoms with van der Waals surface area (Å²) in [5.74, 6) is 1.97.